The highest BCUT2D eigenvalue weighted by Crippen LogP contribution is 2.13. The number of halogens is 2. The third-order valence-corrected chi connectivity index (χ3v) is 4.37. The number of carbonyl (C=O) groups excluding carboxylic acids is 2. The van der Waals surface area contributed by atoms with Crippen LogP contribution in [0.15, 0.2) is 48.5 Å². The number of hydrogen-bond acceptors (Lipinski definition) is 2. The summed E-state index contributed by atoms with van der Waals surface area (Å²) in [5, 5.41) is 2.62. The number of nitrogens with one attached hydrogen (secondary N) is 1. The summed E-state index contributed by atoms with van der Waals surface area (Å²) in [6, 6.07) is 12.6. The van der Waals surface area contributed by atoms with Gasteiger partial charge in [-0.25, -0.2) is 4.39 Å². The fraction of sp³-hybridized carbons (Fsp3) is 0.176. The van der Waals surface area contributed by atoms with Gasteiger partial charge in [-0.2, -0.15) is 0 Å². The van der Waals surface area contributed by atoms with Gasteiger partial charge in [0.2, 0.25) is 11.8 Å². The van der Waals surface area contributed by atoms with E-state index in [4.69, 9.17) is 5.73 Å². The highest BCUT2D eigenvalue weighted by molar-refractivity contribution is 14.1. The molecule has 0 aliphatic rings. The Hall–Kier alpha value is -1.96. The Balaban J connectivity index is 2.03. The minimum Gasteiger partial charge on any atom is -0.368 e. The maximum atomic E-state index is 13.1. The monoisotopic (exact) mass is 426 g/mol. The summed E-state index contributed by atoms with van der Waals surface area (Å²) in [5.74, 6) is -1.37. The Morgan fingerprint density at radius 2 is 1.91 bits per heavy atom. The summed E-state index contributed by atoms with van der Waals surface area (Å²) in [5.41, 5.74) is 6.86. The summed E-state index contributed by atoms with van der Waals surface area (Å²) < 4.78 is 14.1. The molecule has 2 amide bonds. The lowest BCUT2D eigenvalue weighted by Gasteiger charge is -2.16. The van der Waals surface area contributed by atoms with Gasteiger partial charge in [-0.3, -0.25) is 9.59 Å². The molecule has 2 aromatic rings. The van der Waals surface area contributed by atoms with Crippen LogP contribution in [0.2, 0.25) is 0 Å². The van der Waals surface area contributed by atoms with Gasteiger partial charge in [0, 0.05) is 9.99 Å². The first-order valence-electron chi connectivity index (χ1n) is 7.02. The van der Waals surface area contributed by atoms with Crippen molar-refractivity contribution < 1.29 is 14.0 Å². The average molecular weight is 426 g/mol. The molecule has 120 valence electrons. The average Bonchev–Trinajstić information content (AvgIpc) is 2.48. The highest BCUT2D eigenvalue weighted by atomic mass is 127. The first kappa shape index (κ1) is 17.4. The summed E-state index contributed by atoms with van der Waals surface area (Å²) in [6.45, 7) is 0. The zero-order valence-corrected chi connectivity index (χ0v) is 14.4. The van der Waals surface area contributed by atoms with Gasteiger partial charge in [-0.1, -0.05) is 30.3 Å². The summed E-state index contributed by atoms with van der Waals surface area (Å²) in [7, 11) is 0. The van der Waals surface area contributed by atoms with Gasteiger partial charge in [-0.05, 0) is 51.9 Å². The zero-order chi connectivity index (χ0) is 16.8. The molecular formula is C17H16FIN2O2. The number of amides is 2. The maximum Gasteiger partial charge on any atom is 0.240 e. The minimum atomic E-state index is -0.799. The van der Waals surface area contributed by atoms with Crippen molar-refractivity contribution >= 4 is 34.4 Å². The second-order valence-corrected chi connectivity index (χ2v) is 6.29. The Kier molecular flexibility index (Phi) is 6.09. The topological polar surface area (TPSA) is 72.2 Å². The molecule has 0 radical (unpaired) electrons. The van der Waals surface area contributed by atoms with E-state index in [9.17, 15) is 14.0 Å². The van der Waals surface area contributed by atoms with Gasteiger partial charge in [0.25, 0.3) is 0 Å². The van der Waals surface area contributed by atoms with Crippen LogP contribution >= 0.6 is 22.6 Å². The van der Waals surface area contributed by atoms with Crippen LogP contribution in [-0.4, -0.2) is 17.9 Å². The van der Waals surface area contributed by atoms with E-state index in [1.807, 2.05) is 24.3 Å². The van der Waals surface area contributed by atoms with Crippen molar-refractivity contribution in [2.24, 2.45) is 5.73 Å². The number of benzene rings is 2. The SMILES string of the molecule is NC(=O)[C@H](Cc1ccccc1I)NC(=O)Cc1cccc(F)c1. The fourth-order valence-electron chi connectivity index (χ4n) is 2.18. The lowest BCUT2D eigenvalue weighted by atomic mass is 10.0. The number of nitrogens with two attached hydrogens (primary N) is 1. The molecule has 0 saturated carbocycles. The number of carbonyl (C=O) groups is 2. The van der Waals surface area contributed by atoms with E-state index in [0.717, 1.165) is 9.13 Å². The van der Waals surface area contributed by atoms with Crippen LogP contribution in [0.4, 0.5) is 4.39 Å². The van der Waals surface area contributed by atoms with Crippen molar-refractivity contribution in [1.29, 1.82) is 0 Å². The Bertz CT molecular complexity index is 721. The summed E-state index contributed by atoms with van der Waals surface area (Å²) in [6.07, 6.45) is 0.316. The molecular weight excluding hydrogens is 410 g/mol. The van der Waals surface area contributed by atoms with Crippen molar-refractivity contribution in [3.8, 4) is 0 Å². The molecule has 1 atom stereocenters. The molecule has 0 bridgehead atoms. The fourth-order valence-corrected chi connectivity index (χ4v) is 2.79. The molecule has 0 saturated heterocycles. The van der Waals surface area contributed by atoms with Gasteiger partial charge in [-0.15, -0.1) is 0 Å². The first-order valence-corrected chi connectivity index (χ1v) is 8.10. The van der Waals surface area contributed by atoms with E-state index < -0.39 is 17.8 Å². The van der Waals surface area contributed by atoms with Crippen LogP contribution < -0.4 is 11.1 Å². The number of rotatable bonds is 6. The molecule has 3 N–H and O–H groups in total. The molecule has 0 spiro atoms. The molecule has 0 aromatic heterocycles. The second kappa shape index (κ2) is 8.05. The highest BCUT2D eigenvalue weighted by Gasteiger charge is 2.19. The van der Waals surface area contributed by atoms with Crippen molar-refractivity contribution in [2.75, 3.05) is 0 Å². The van der Waals surface area contributed by atoms with Gasteiger partial charge in [0.15, 0.2) is 0 Å². The lowest BCUT2D eigenvalue weighted by Crippen LogP contribution is -2.46. The van der Waals surface area contributed by atoms with Crippen molar-refractivity contribution in [3.63, 3.8) is 0 Å². The predicted octanol–water partition coefficient (Wildman–Crippen LogP) is 2.19. The summed E-state index contributed by atoms with van der Waals surface area (Å²) in [4.78, 5) is 23.7. The molecule has 23 heavy (non-hydrogen) atoms. The molecule has 4 nitrogen and oxygen atoms in total. The standard InChI is InChI=1S/C17H16FIN2O2/c18-13-6-3-4-11(8-13)9-16(22)21-15(17(20)23)10-12-5-1-2-7-14(12)19/h1-8,15H,9-10H2,(H2,20,23)(H,21,22)/t15-/m0/s1. The molecule has 0 heterocycles. The maximum absolute atomic E-state index is 13.1. The van der Waals surface area contributed by atoms with Crippen molar-refractivity contribution in [1.82, 2.24) is 5.32 Å². The van der Waals surface area contributed by atoms with E-state index >= 15 is 0 Å². The van der Waals surface area contributed by atoms with Crippen molar-refractivity contribution in [3.05, 3.63) is 69.0 Å². The largest absolute Gasteiger partial charge is 0.368 e. The molecule has 2 rings (SSSR count). The van der Waals surface area contributed by atoms with Gasteiger partial charge < -0.3 is 11.1 Å². The van der Waals surface area contributed by atoms with E-state index in [0.29, 0.717) is 12.0 Å². The van der Waals surface area contributed by atoms with Crippen LogP contribution in [0.3, 0.4) is 0 Å². The van der Waals surface area contributed by atoms with E-state index in [1.54, 1.807) is 6.07 Å². The van der Waals surface area contributed by atoms with E-state index in [1.165, 1.54) is 18.2 Å². The predicted molar refractivity (Wildman–Crippen MR) is 94.1 cm³/mol. The second-order valence-electron chi connectivity index (χ2n) is 5.12. The van der Waals surface area contributed by atoms with Crippen molar-refractivity contribution in [2.45, 2.75) is 18.9 Å². The molecule has 0 aliphatic heterocycles. The molecule has 0 aliphatic carbocycles. The van der Waals surface area contributed by atoms with Gasteiger partial charge in [0.1, 0.15) is 11.9 Å². The van der Waals surface area contributed by atoms with Gasteiger partial charge >= 0.3 is 0 Å². The lowest BCUT2D eigenvalue weighted by molar-refractivity contribution is -0.127. The third-order valence-electron chi connectivity index (χ3n) is 3.31. The minimum absolute atomic E-state index is 0.00653. The van der Waals surface area contributed by atoms with Crippen LogP contribution in [0.5, 0.6) is 0 Å². The Morgan fingerprint density at radius 3 is 2.57 bits per heavy atom. The Morgan fingerprint density at radius 1 is 1.17 bits per heavy atom. The Labute approximate surface area is 147 Å². The smallest absolute Gasteiger partial charge is 0.240 e. The van der Waals surface area contributed by atoms with Gasteiger partial charge in [0.05, 0.1) is 6.42 Å². The molecule has 0 unspecified atom stereocenters. The van der Waals surface area contributed by atoms with Crippen LogP contribution in [0.25, 0.3) is 0 Å². The first-order chi connectivity index (χ1) is 11.0. The van der Waals surface area contributed by atoms with E-state index in [-0.39, 0.29) is 12.3 Å². The third kappa shape index (κ3) is 5.31. The van der Waals surface area contributed by atoms with Crippen LogP contribution in [0, 0.1) is 9.39 Å². The van der Waals surface area contributed by atoms with Crippen LogP contribution in [0.1, 0.15) is 11.1 Å². The molecule has 2 aromatic carbocycles. The summed E-state index contributed by atoms with van der Waals surface area (Å²) >= 11 is 2.17. The number of primary amides is 1. The van der Waals surface area contributed by atoms with E-state index in [2.05, 4.69) is 27.9 Å². The zero-order valence-electron chi connectivity index (χ0n) is 12.3. The van der Waals surface area contributed by atoms with Crippen LogP contribution in [-0.2, 0) is 22.4 Å². The number of hydrogen-bond donors (Lipinski definition) is 2. The normalized spacial score (nSPS) is 11.7. The quantitative estimate of drug-likeness (QED) is 0.696. The molecule has 0 fully saturated rings. The molecule has 6 heteroatoms.